The van der Waals surface area contributed by atoms with Crippen molar-refractivity contribution in [3.05, 3.63) is 0 Å². The number of hydrogen-bond donors (Lipinski definition) is 2. The summed E-state index contributed by atoms with van der Waals surface area (Å²) in [5.74, 6) is 0. The molecule has 1 rings (SSSR count). The summed E-state index contributed by atoms with van der Waals surface area (Å²) in [5, 5.41) is 12.6. The lowest BCUT2D eigenvalue weighted by atomic mass is 10.2. The fourth-order valence-electron chi connectivity index (χ4n) is 1.22. The molecular weight excluding hydrogens is 176 g/mol. The van der Waals surface area contributed by atoms with Crippen molar-refractivity contribution in [2.45, 2.75) is 6.04 Å². The Hall–Kier alpha value is -0.390. The monoisotopic (exact) mass is 190 g/mol. The van der Waals surface area contributed by atoms with Crippen LogP contribution in [0.5, 0.6) is 0 Å². The number of ether oxygens (including phenoxy) is 1. The van der Waals surface area contributed by atoms with E-state index in [1.165, 1.54) is 0 Å². The number of nitrogens with zero attached hydrogens (tertiary/aromatic N) is 1. The van der Waals surface area contributed by atoms with E-state index in [0.717, 1.165) is 6.54 Å². The standard InChI is InChI=1S/C7H14N2O2S/c1-8-7(12)9-2-3-11-5-6(9)4-10/h6,10H,2-5H2,1H3,(H,8,12). The van der Waals surface area contributed by atoms with Gasteiger partial charge in [0.1, 0.15) is 0 Å². The molecule has 0 aromatic carbocycles. The predicted molar refractivity (Wildman–Crippen MR) is 50.1 cm³/mol. The van der Waals surface area contributed by atoms with E-state index in [1.54, 1.807) is 7.05 Å². The van der Waals surface area contributed by atoms with Gasteiger partial charge in [-0.25, -0.2) is 0 Å². The van der Waals surface area contributed by atoms with Crippen molar-refractivity contribution >= 4 is 17.3 Å². The van der Waals surface area contributed by atoms with Gasteiger partial charge in [-0.2, -0.15) is 0 Å². The molecule has 0 aliphatic carbocycles. The van der Waals surface area contributed by atoms with Crippen LogP contribution in [0.2, 0.25) is 0 Å². The van der Waals surface area contributed by atoms with Gasteiger partial charge < -0.3 is 20.1 Å². The average molecular weight is 190 g/mol. The van der Waals surface area contributed by atoms with Gasteiger partial charge in [-0.05, 0) is 12.2 Å². The maximum Gasteiger partial charge on any atom is 0.169 e. The molecule has 1 heterocycles. The zero-order valence-electron chi connectivity index (χ0n) is 7.12. The average Bonchev–Trinajstić information content (AvgIpc) is 2.16. The van der Waals surface area contributed by atoms with E-state index in [2.05, 4.69) is 5.32 Å². The molecule has 1 fully saturated rings. The van der Waals surface area contributed by atoms with Crippen LogP contribution in [0.4, 0.5) is 0 Å². The molecule has 4 nitrogen and oxygen atoms in total. The van der Waals surface area contributed by atoms with Crippen molar-refractivity contribution in [1.82, 2.24) is 10.2 Å². The number of thiocarbonyl (C=S) groups is 1. The van der Waals surface area contributed by atoms with Crippen LogP contribution in [0.1, 0.15) is 0 Å². The Balaban J connectivity index is 2.52. The van der Waals surface area contributed by atoms with Gasteiger partial charge in [0.2, 0.25) is 0 Å². The first-order valence-electron chi connectivity index (χ1n) is 3.96. The summed E-state index contributed by atoms with van der Waals surface area (Å²) in [7, 11) is 1.78. The molecule has 5 heteroatoms. The van der Waals surface area contributed by atoms with E-state index in [9.17, 15) is 0 Å². The van der Waals surface area contributed by atoms with Gasteiger partial charge in [-0.15, -0.1) is 0 Å². The summed E-state index contributed by atoms with van der Waals surface area (Å²) < 4.78 is 5.21. The fraction of sp³-hybridized carbons (Fsp3) is 0.857. The minimum absolute atomic E-state index is 0.0127. The van der Waals surface area contributed by atoms with Crippen molar-refractivity contribution in [3.63, 3.8) is 0 Å². The molecule has 0 aromatic heterocycles. The molecule has 1 aliphatic rings. The normalized spacial score (nSPS) is 23.8. The zero-order chi connectivity index (χ0) is 8.97. The molecule has 0 saturated carbocycles. The third kappa shape index (κ3) is 2.06. The number of aliphatic hydroxyl groups excluding tert-OH is 1. The van der Waals surface area contributed by atoms with Crippen LogP contribution >= 0.6 is 12.2 Å². The van der Waals surface area contributed by atoms with Gasteiger partial charge in [-0.3, -0.25) is 0 Å². The SMILES string of the molecule is CNC(=S)N1CCOCC1CO. The van der Waals surface area contributed by atoms with Gasteiger partial charge in [0.15, 0.2) is 5.11 Å². The Morgan fingerprint density at radius 3 is 3.17 bits per heavy atom. The smallest absolute Gasteiger partial charge is 0.169 e. The summed E-state index contributed by atoms with van der Waals surface area (Å²) in [4.78, 5) is 1.96. The van der Waals surface area contributed by atoms with Gasteiger partial charge in [0.25, 0.3) is 0 Å². The van der Waals surface area contributed by atoms with Crippen LogP contribution in [0.15, 0.2) is 0 Å². The fourth-order valence-corrected chi connectivity index (χ4v) is 1.46. The molecule has 0 aromatic rings. The summed E-state index contributed by atoms with van der Waals surface area (Å²) >= 11 is 5.07. The molecule has 1 aliphatic heterocycles. The molecule has 0 radical (unpaired) electrons. The molecule has 0 bridgehead atoms. The second-order valence-electron chi connectivity index (χ2n) is 2.66. The lowest BCUT2D eigenvalue weighted by molar-refractivity contribution is 0.00465. The van der Waals surface area contributed by atoms with Crippen LogP contribution in [-0.4, -0.2) is 54.6 Å². The van der Waals surface area contributed by atoms with E-state index < -0.39 is 0 Å². The lowest BCUT2D eigenvalue weighted by Crippen LogP contribution is -2.53. The topological polar surface area (TPSA) is 44.7 Å². The zero-order valence-corrected chi connectivity index (χ0v) is 7.93. The third-order valence-electron chi connectivity index (χ3n) is 1.91. The van der Waals surface area contributed by atoms with E-state index >= 15 is 0 Å². The molecule has 1 atom stereocenters. The van der Waals surface area contributed by atoms with Crippen molar-refractivity contribution < 1.29 is 9.84 Å². The summed E-state index contributed by atoms with van der Waals surface area (Å²) in [6, 6.07) is 0.0127. The van der Waals surface area contributed by atoms with E-state index in [1.807, 2.05) is 4.90 Å². The van der Waals surface area contributed by atoms with Crippen LogP contribution in [0, 0.1) is 0 Å². The van der Waals surface area contributed by atoms with E-state index in [4.69, 9.17) is 22.1 Å². The largest absolute Gasteiger partial charge is 0.394 e. The highest BCUT2D eigenvalue weighted by molar-refractivity contribution is 7.80. The molecule has 12 heavy (non-hydrogen) atoms. The van der Waals surface area contributed by atoms with Crippen molar-refractivity contribution in [2.24, 2.45) is 0 Å². The summed E-state index contributed by atoms with van der Waals surface area (Å²) in [6.45, 7) is 2.07. The van der Waals surface area contributed by atoms with Gasteiger partial charge in [0, 0.05) is 13.6 Å². The number of hydrogen-bond acceptors (Lipinski definition) is 3. The highest BCUT2D eigenvalue weighted by atomic mass is 32.1. The number of nitrogens with one attached hydrogen (secondary N) is 1. The van der Waals surface area contributed by atoms with E-state index in [0.29, 0.717) is 18.3 Å². The maximum atomic E-state index is 9.00. The minimum atomic E-state index is 0.0127. The summed E-state index contributed by atoms with van der Waals surface area (Å²) in [6.07, 6.45) is 0. The van der Waals surface area contributed by atoms with Crippen LogP contribution < -0.4 is 5.32 Å². The lowest BCUT2D eigenvalue weighted by Gasteiger charge is -2.35. The molecule has 1 unspecified atom stereocenters. The Bertz CT molecular complexity index is 165. The van der Waals surface area contributed by atoms with E-state index in [-0.39, 0.29) is 12.6 Å². The highest BCUT2D eigenvalue weighted by Gasteiger charge is 2.23. The van der Waals surface area contributed by atoms with Crippen molar-refractivity contribution in [3.8, 4) is 0 Å². The quantitative estimate of drug-likeness (QED) is 0.529. The van der Waals surface area contributed by atoms with Crippen LogP contribution in [0.25, 0.3) is 0 Å². The van der Waals surface area contributed by atoms with Crippen LogP contribution in [-0.2, 0) is 4.74 Å². The Kier molecular flexibility index (Phi) is 3.71. The first-order chi connectivity index (χ1) is 5.79. The predicted octanol–water partition coefficient (Wildman–Crippen LogP) is -0.816. The van der Waals surface area contributed by atoms with Crippen molar-refractivity contribution in [1.29, 1.82) is 0 Å². The second kappa shape index (κ2) is 4.59. The van der Waals surface area contributed by atoms with Crippen LogP contribution in [0.3, 0.4) is 0 Å². The maximum absolute atomic E-state index is 9.00. The first kappa shape index (κ1) is 9.70. The molecule has 0 spiro atoms. The summed E-state index contributed by atoms with van der Waals surface area (Å²) in [5.41, 5.74) is 0. The number of rotatable bonds is 1. The molecule has 1 saturated heterocycles. The highest BCUT2D eigenvalue weighted by Crippen LogP contribution is 2.05. The van der Waals surface area contributed by atoms with Crippen molar-refractivity contribution in [2.75, 3.05) is 33.4 Å². The first-order valence-corrected chi connectivity index (χ1v) is 4.37. The Morgan fingerprint density at radius 2 is 2.58 bits per heavy atom. The van der Waals surface area contributed by atoms with Gasteiger partial charge in [-0.1, -0.05) is 0 Å². The second-order valence-corrected chi connectivity index (χ2v) is 3.05. The molecule has 2 N–H and O–H groups in total. The molecular formula is C7H14N2O2S. The molecule has 70 valence electrons. The number of aliphatic hydroxyl groups is 1. The van der Waals surface area contributed by atoms with Gasteiger partial charge in [0.05, 0.1) is 25.9 Å². The third-order valence-corrected chi connectivity index (χ3v) is 2.35. The Labute approximate surface area is 77.5 Å². The number of morpholine rings is 1. The van der Waals surface area contributed by atoms with Gasteiger partial charge >= 0.3 is 0 Å². The minimum Gasteiger partial charge on any atom is -0.394 e. The molecule has 0 amide bonds. The Morgan fingerprint density at radius 1 is 1.83 bits per heavy atom.